The number of benzene rings is 10. The molecule has 3 aliphatic carbocycles. The topological polar surface area (TPSA) is 12.5 Å². The highest BCUT2D eigenvalue weighted by Gasteiger charge is 2.53. The Morgan fingerprint density at radius 2 is 0.829 bits per heavy atom. The number of hydrogen-bond acceptors (Lipinski definition) is 2. The Hall–Kier alpha value is -7.94. The average molecular weight is 900 g/mol. The van der Waals surface area contributed by atoms with E-state index >= 15 is 0 Å². The molecule has 0 saturated carbocycles. The fraction of sp³-hybridized carbons (Fsp3) is 0.147. The molecule has 14 rings (SSSR count). The van der Waals surface area contributed by atoms with Crippen LogP contribution in [0.4, 0.5) is 17.1 Å². The highest BCUT2D eigenvalue weighted by Crippen LogP contribution is 2.64. The summed E-state index contributed by atoms with van der Waals surface area (Å²) in [5.41, 5.74) is 22.9. The van der Waals surface area contributed by atoms with Gasteiger partial charge in [0.15, 0.2) is 0 Å². The van der Waals surface area contributed by atoms with Crippen molar-refractivity contribution in [3.05, 3.63) is 268 Å². The van der Waals surface area contributed by atoms with Crippen molar-refractivity contribution in [2.24, 2.45) is 0 Å². The Morgan fingerprint density at radius 1 is 0.329 bits per heavy atom. The second kappa shape index (κ2) is 14.3. The maximum absolute atomic E-state index is 7.24. The molecule has 1 unspecified atom stereocenters. The van der Waals surface area contributed by atoms with Gasteiger partial charge in [0.1, 0.15) is 11.5 Å². The first-order chi connectivity index (χ1) is 34.0. The van der Waals surface area contributed by atoms with E-state index in [9.17, 15) is 0 Å². The van der Waals surface area contributed by atoms with E-state index in [2.05, 4.69) is 259 Å². The largest absolute Gasteiger partial charge is 0.456 e. The Labute approximate surface area is 411 Å². The van der Waals surface area contributed by atoms with Crippen molar-refractivity contribution in [3.8, 4) is 44.9 Å². The van der Waals surface area contributed by atoms with Crippen LogP contribution in [0.1, 0.15) is 97.2 Å². The monoisotopic (exact) mass is 899 g/mol. The fourth-order valence-electron chi connectivity index (χ4n) is 13.7. The average Bonchev–Trinajstić information content (AvgIpc) is 3.76. The number of ether oxygens (including phenoxy) is 1. The number of fused-ring (bicyclic) bond motifs is 16. The molecule has 336 valence electrons. The zero-order valence-corrected chi connectivity index (χ0v) is 40.6. The Morgan fingerprint density at radius 3 is 1.49 bits per heavy atom. The summed E-state index contributed by atoms with van der Waals surface area (Å²) >= 11 is 0. The lowest BCUT2D eigenvalue weighted by Gasteiger charge is -2.50. The zero-order valence-electron chi connectivity index (χ0n) is 40.6. The maximum atomic E-state index is 7.24. The molecule has 0 saturated heterocycles. The van der Waals surface area contributed by atoms with Crippen LogP contribution in [0, 0.1) is 0 Å². The number of para-hydroxylation sites is 2. The van der Waals surface area contributed by atoms with Gasteiger partial charge < -0.3 is 9.64 Å². The van der Waals surface area contributed by atoms with Crippen molar-refractivity contribution in [2.45, 2.75) is 63.2 Å². The number of nitrogens with zero attached hydrogens (tertiary/aromatic N) is 1. The van der Waals surface area contributed by atoms with Gasteiger partial charge in [0.2, 0.25) is 0 Å². The van der Waals surface area contributed by atoms with Gasteiger partial charge in [-0.15, -0.1) is 0 Å². The van der Waals surface area contributed by atoms with Crippen LogP contribution in [0.15, 0.2) is 212 Å². The van der Waals surface area contributed by atoms with Crippen LogP contribution < -0.4 is 9.64 Å². The molecule has 0 fully saturated rings. The Kier molecular flexibility index (Phi) is 8.40. The SMILES string of the molecule is CC1(C)c2ccccc2-c2ccc(N(c3ccc(-c4cccc5c4Oc4ccccc4C54c5ccccc5C(C)(C)c5c4ccc4ccccc54)cc3)c3ccc4c(c3)C(C)(C)c3ccccc3-4)cc21. The van der Waals surface area contributed by atoms with Gasteiger partial charge in [-0.1, -0.05) is 211 Å². The molecule has 1 spiro atoms. The van der Waals surface area contributed by atoms with Gasteiger partial charge >= 0.3 is 0 Å². The van der Waals surface area contributed by atoms with Crippen LogP contribution in [0.25, 0.3) is 44.2 Å². The van der Waals surface area contributed by atoms with Crippen LogP contribution in [-0.4, -0.2) is 0 Å². The van der Waals surface area contributed by atoms with Crippen LogP contribution >= 0.6 is 0 Å². The van der Waals surface area contributed by atoms with E-state index in [-0.39, 0.29) is 16.2 Å². The van der Waals surface area contributed by atoms with Crippen molar-refractivity contribution in [3.63, 3.8) is 0 Å². The highest BCUT2D eigenvalue weighted by molar-refractivity contribution is 5.94. The molecule has 0 amide bonds. The van der Waals surface area contributed by atoms with E-state index in [0.717, 1.165) is 45.3 Å². The van der Waals surface area contributed by atoms with E-state index in [1.165, 1.54) is 83.1 Å². The molecular weight excluding hydrogens is 847 g/mol. The summed E-state index contributed by atoms with van der Waals surface area (Å²) in [6.07, 6.45) is 0. The predicted octanol–water partition coefficient (Wildman–Crippen LogP) is 17.7. The predicted molar refractivity (Wildman–Crippen MR) is 290 cm³/mol. The van der Waals surface area contributed by atoms with Gasteiger partial charge in [0.05, 0.1) is 5.41 Å². The summed E-state index contributed by atoms with van der Waals surface area (Å²) in [5, 5.41) is 2.56. The van der Waals surface area contributed by atoms with Crippen molar-refractivity contribution >= 4 is 27.8 Å². The summed E-state index contributed by atoms with van der Waals surface area (Å²) in [6.45, 7) is 14.3. The smallest absolute Gasteiger partial charge is 0.140 e. The third kappa shape index (κ3) is 5.34. The van der Waals surface area contributed by atoms with E-state index < -0.39 is 5.41 Å². The van der Waals surface area contributed by atoms with E-state index in [1.807, 2.05) is 0 Å². The van der Waals surface area contributed by atoms with Crippen LogP contribution in [0.3, 0.4) is 0 Å². The molecule has 0 bridgehead atoms. The van der Waals surface area contributed by atoms with Crippen LogP contribution in [0.2, 0.25) is 0 Å². The van der Waals surface area contributed by atoms with Gasteiger partial charge in [-0.05, 0) is 126 Å². The van der Waals surface area contributed by atoms with Gasteiger partial charge in [0, 0.05) is 50.0 Å². The van der Waals surface area contributed by atoms with Crippen LogP contribution in [-0.2, 0) is 21.7 Å². The molecule has 2 heteroatoms. The van der Waals surface area contributed by atoms with Gasteiger partial charge in [0.25, 0.3) is 0 Å². The van der Waals surface area contributed by atoms with E-state index in [1.54, 1.807) is 0 Å². The minimum atomic E-state index is -0.621. The van der Waals surface area contributed by atoms with Crippen molar-refractivity contribution in [1.82, 2.24) is 0 Å². The molecule has 4 aliphatic rings. The van der Waals surface area contributed by atoms with Gasteiger partial charge in [-0.3, -0.25) is 0 Å². The fourth-order valence-corrected chi connectivity index (χ4v) is 13.7. The Bertz CT molecular complexity index is 3740. The standard InChI is InChI=1S/C68H53NO/c1-65(2)53-23-11-9-20-49(53)51-37-35-45(40-60(51)65)69(46-36-38-52-50-21-10-12-24-54(50)66(3,4)61(52)41-46)44-33-30-43(31-34-44)48-22-17-28-59-64(48)70-62-29-16-15-27-57(62)68(59)56-26-14-13-25-55(56)67(5,6)63-47-19-8-7-18-42(47)32-39-58(63)68/h7-41H,1-6H3. The molecule has 1 atom stereocenters. The quantitative estimate of drug-likeness (QED) is 0.174. The second-order valence-corrected chi connectivity index (χ2v) is 21.6. The molecule has 1 aliphatic heterocycles. The van der Waals surface area contributed by atoms with Crippen molar-refractivity contribution in [2.75, 3.05) is 4.90 Å². The summed E-state index contributed by atoms with van der Waals surface area (Å²) < 4.78 is 7.24. The number of anilines is 3. The summed E-state index contributed by atoms with van der Waals surface area (Å²) in [4.78, 5) is 2.46. The third-order valence-corrected chi connectivity index (χ3v) is 17.0. The lowest BCUT2D eigenvalue weighted by atomic mass is 9.53. The molecular formula is C68H53NO. The summed E-state index contributed by atoms with van der Waals surface area (Å²) in [5.74, 6) is 1.79. The van der Waals surface area contributed by atoms with Crippen molar-refractivity contribution in [1.29, 1.82) is 0 Å². The summed E-state index contributed by atoms with van der Waals surface area (Å²) in [7, 11) is 0. The molecule has 1 heterocycles. The van der Waals surface area contributed by atoms with Gasteiger partial charge in [-0.2, -0.15) is 0 Å². The molecule has 2 nitrogen and oxygen atoms in total. The highest BCUT2D eigenvalue weighted by atomic mass is 16.5. The first-order valence-corrected chi connectivity index (χ1v) is 24.9. The second-order valence-electron chi connectivity index (χ2n) is 21.6. The molecule has 10 aromatic rings. The molecule has 10 aromatic carbocycles. The van der Waals surface area contributed by atoms with E-state index in [4.69, 9.17) is 4.74 Å². The minimum absolute atomic E-state index is 0.135. The lowest BCUT2D eigenvalue weighted by Crippen LogP contribution is -2.43. The molecule has 70 heavy (non-hydrogen) atoms. The van der Waals surface area contributed by atoms with Gasteiger partial charge in [-0.25, -0.2) is 0 Å². The zero-order chi connectivity index (χ0) is 47.3. The first-order valence-electron chi connectivity index (χ1n) is 24.9. The van der Waals surface area contributed by atoms with Crippen LogP contribution in [0.5, 0.6) is 11.5 Å². The Balaban J connectivity index is 0.953. The van der Waals surface area contributed by atoms with Crippen molar-refractivity contribution < 1.29 is 4.74 Å². The molecule has 0 N–H and O–H groups in total. The number of rotatable bonds is 4. The molecule has 0 aromatic heterocycles. The van der Waals surface area contributed by atoms with E-state index in [0.29, 0.717) is 0 Å². The maximum Gasteiger partial charge on any atom is 0.140 e. The summed E-state index contributed by atoms with van der Waals surface area (Å²) in [6, 6.07) is 79.6. The minimum Gasteiger partial charge on any atom is -0.456 e. The lowest BCUT2D eigenvalue weighted by molar-refractivity contribution is 0.427. The molecule has 0 radical (unpaired) electrons. The number of hydrogen-bond donors (Lipinski definition) is 0. The first kappa shape index (κ1) is 41.1. The third-order valence-electron chi connectivity index (χ3n) is 17.0. The normalized spacial score (nSPS) is 17.5.